The highest BCUT2D eigenvalue weighted by Crippen LogP contribution is 2.20. The number of rotatable bonds is 7. The van der Waals surface area contributed by atoms with Gasteiger partial charge >= 0.3 is 6.03 Å². The molecule has 11 heteroatoms. The largest absolute Gasteiger partial charge is 0.338 e. The molecule has 0 aliphatic carbocycles. The number of benzene rings is 2. The standard InChI is InChI=1S/C23H25ClN4O5S/c24-18-7-9-19(10-8-18)34(32,33)27-14-12-26(13-15-27)21(29)16-28-22(30)20(25-23(28)31)11-6-17-4-2-1-3-5-17/h1-5,7-10,20H,6,11-16H2,(H,25,31)/t20-/m1/s1. The van der Waals surface area contributed by atoms with Gasteiger partial charge in [0, 0.05) is 31.2 Å². The van der Waals surface area contributed by atoms with Gasteiger partial charge in [-0.2, -0.15) is 4.31 Å². The second kappa shape index (κ2) is 10.1. The lowest BCUT2D eigenvalue weighted by Crippen LogP contribution is -2.53. The molecule has 0 spiro atoms. The van der Waals surface area contributed by atoms with Gasteiger partial charge < -0.3 is 10.2 Å². The summed E-state index contributed by atoms with van der Waals surface area (Å²) in [6.07, 6.45) is 1.07. The third-order valence-corrected chi connectivity index (χ3v) is 8.17. The van der Waals surface area contributed by atoms with Crippen LogP contribution in [0.1, 0.15) is 12.0 Å². The zero-order chi connectivity index (χ0) is 24.3. The average Bonchev–Trinajstić information content (AvgIpc) is 3.11. The van der Waals surface area contributed by atoms with Crippen molar-refractivity contribution in [2.24, 2.45) is 0 Å². The number of hydrogen-bond acceptors (Lipinski definition) is 5. The number of carbonyl (C=O) groups excluding carboxylic acids is 3. The van der Waals surface area contributed by atoms with Crippen LogP contribution in [0.4, 0.5) is 4.79 Å². The summed E-state index contributed by atoms with van der Waals surface area (Å²) in [5.74, 6) is -0.811. The van der Waals surface area contributed by atoms with Gasteiger partial charge in [-0.3, -0.25) is 14.5 Å². The molecule has 180 valence electrons. The Morgan fingerprint density at radius 3 is 2.26 bits per heavy atom. The van der Waals surface area contributed by atoms with E-state index in [1.807, 2.05) is 30.3 Å². The predicted molar refractivity (Wildman–Crippen MR) is 126 cm³/mol. The number of imide groups is 1. The zero-order valence-corrected chi connectivity index (χ0v) is 20.0. The van der Waals surface area contributed by atoms with Gasteiger partial charge in [0.1, 0.15) is 12.6 Å². The molecular weight excluding hydrogens is 480 g/mol. The predicted octanol–water partition coefficient (Wildman–Crippen LogP) is 1.73. The molecule has 0 aromatic heterocycles. The first-order valence-corrected chi connectivity index (χ1v) is 12.8. The highest BCUT2D eigenvalue weighted by Gasteiger charge is 2.40. The maximum absolute atomic E-state index is 12.8. The van der Waals surface area contributed by atoms with Gasteiger partial charge in [-0.05, 0) is 42.7 Å². The van der Waals surface area contributed by atoms with Crippen LogP contribution in [-0.4, -0.2) is 79.1 Å². The number of nitrogens with zero attached hydrogens (tertiary/aromatic N) is 3. The number of halogens is 1. The number of urea groups is 1. The molecule has 2 saturated heterocycles. The van der Waals surface area contributed by atoms with Gasteiger partial charge in [-0.1, -0.05) is 41.9 Å². The Labute approximate surface area is 203 Å². The number of amides is 4. The summed E-state index contributed by atoms with van der Waals surface area (Å²) in [7, 11) is -3.70. The van der Waals surface area contributed by atoms with Crippen molar-refractivity contribution >= 4 is 39.5 Å². The van der Waals surface area contributed by atoms with Crippen LogP contribution in [-0.2, 0) is 26.0 Å². The van der Waals surface area contributed by atoms with Crippen LogP contribution < -0.4 is 5.32 Å². The van der Waals surface area contributed by atoms with Gasteiger partial charge in [-0.15, -0.1) is 0 Å². The Balaban J connectivity index is 1.30. The summed E-state index contributed by atoms with van der Waals surface area (Å²) < 4.78 is 26.9. The van der Waals surface area contributed by atoms with E-state index < -0.39 is 33.9 Å². The number of hydrogen-bond donors (Lipinski definition) is 1. The van der Waals surface area contributed by atoms with E-state index in [0.29, 0.717) is 17.9 Å². The Morgan fingerprint density at radius 2 is 1.62 bits per heavy atom. The fraction of sp³-hybridized carbons (Fsp3) is 0.348. The molecule has 2 fully saturated rings. The number of carbonyl (C=O) groups is 3. The van der Waals surface area contributed by atoms with Gasteiger partial charge in [0.05, 0.1) is 4.90 Å². The highest BCUT2D eigenvalue weighted by molar-refractivity contribution is 7.89. The van der Waals surface area contributed by atoms with Crippen LogP contribution in [0.5, 0.6) is 0 Å². The van der Waals surface area contributed by atoms with Crippen LogP contribution in [0.25, 0.3) is 0 Å². The fourth-order valence-electron chi connectivity index (χ4n) is 4.05. The highest BCUT2D eigenvalue weighted by atomic mass is 35.5. The summed E-state index contributed by atoms with van der Waals surface area (Å²) in [6.45, 7) is 0.225. The van der Waals surface area contributed by atoms with Crippen molar-refractivity contribution in [3.05, 3.63) is 65.2 Å². The molecule has 1 N–H and O–H groups in total. The smallest absolute Gasteiger partial charge is 0.325 e. The van der Waals surface area contributed by atoms with Crippen molar-refractivity contribution in [1.29, 1.82) is 0 Å². The Morgan fingerprint density at radius 1 is 0.971 bits per heavy atom. The van der Waals surface area contributed by atoms with Crippen LogP contribution in [0.2, 0.25) is 5.02 Å². The first-order valence-electron chi connectivity index (χ1n) is 10.9. The van der Waals surface area contributed by atoms with Crippen molar-refractivity contribution in [3.8, 4) is 0 Å². The molecule has 34 heavy (non-hydrogen) atoms. The number of sulfonamides is 1. The third kappa shape index (κ3) is 5.24. The molecule has 0 bridgehead atoms. The van der Waals surface area contributed by atoms with Gasteiger partial charge in [0.25, 0.3) is 5.91 Å². The van der Waals surface area contributed by atoms with Crippen molar-refractivity contribution < 1.29 is 22.8 Å². The number of piperazine rings is 1. The zero-order valence-electron chi connectivity index (χ0n) is 18.4. The first kappa shape index (κ1) is 24.2. The van der Waals surface area contributed by atoms with E-state index in [2.05, 4.69) is 5.32 Å². The molecule has 4 rings (SSSR count). The minimum atomic E-state index is -3.70. The number of nitrogens with one attached hydrogen (secondary N) is 1. The van der Waals surface area contributed by atoms with E-state index >= 15 is 0 Å². The lowest BCUT2D eigenvalue weighted by atomic mass is 10.1. The molecule has 1 atom stereocenters. The summed E-state index contributed by atoms with van der Waals surface area (Å²) in [5.41, 5.74) is 1.06. The van der Waals surface area contributed by atoms with Gasteiger partial charge in [-0.25, -0.2) is 13.2 Å². The fourth-order valence-corrected chi connectivity index (χ4v) is 5.59. The van der Waals surface area contributed by atoms with E-state index in [4.69, 9.17) is 11.6 Å². The van der Waals surface area contributed by atoms with Crippen molar-refractivity contribution in [1.82, 2.24) is 19.4 Å². The molecule has 2 aromatic rings. The molecule has 0 saturated carbocycles. The summed E-state index contributed by atoms with van der Waals surface area (Å²) in [4.78, 5) is 40.3. The van der Waals surface area contributed by atoms with Crippen LogP contribution in [0.3, 0.4) is 0 Å². The molecule has 2 heterocycles. The molecular formula is C23H25ClN4O5S. The van der Waals surface area contributed by atoms with Gasteiger partial charge in [0.15, 0.2) is 0 Å². The lowest BCUT2D eigenvalue weighted by molar-refractivity contribution is -0.138. The third-order valence-electron chi connectivity index (χ3n) is 6.01. The monoisotopic (exact) mass is 504 g/mol. The topological polar surface area (TPSA) is 107 Å². The van der Waals surface area contributed by atoms with Crippen LogP contribution >= 0.6 is 11.6 Å². The summed E-state index contributed by atoms with van der Waals surface area (Å²) in [6, 6.07) is 14.3. The minimum Gasteiger partial charge on any atom is -0.338 e. The minimum absolute atomic E-state index is 0.122. The molecule has 2 aromatic carbocycles. The maximum Gasteiger partial charge on any atom is 0.325 e. The van der Waals surface area contributed by atoms with Crippen LogP contribution in [0.15, 0.2) is 59.5 Å². The van der Waals surface area contributed by atoms with E-state index in [1.165, 1.54) is 33.5 Å². The van der Waals surface area contributed by atoms with E-state index in [9.17, 15) is 22.8 Å². The van der Waals surface area contributed by atoms with Crippen molar-refractivity contribution in [2.45, 2.75) is 23.8 Å². The molecule has 9 nitrogen and oxygen atoms in total. The second-order valence-electron chi connectivity index (χ2n) is 8.19. The summed E-state index contributed by atoms with van der Waals surface area (Å²) in [5, 5.41) is 3.09. The van der Waals surface area contributed by atoms with E-state index in [1.54, 1.807) is 0 Å². The van der Waals surface area contributed by atoms with E-state index in [0.717, 1.165) is 10.5 Å². The Hall–Kier alpha value is -2.95. The SMILES string of the molecule is O=C(CN1C(=O)N[C@H](CCc2ccccc2)C1=O)N1CCN(S(=O)(=O)c2ccc(Cl)cc2)CC1. The quantitative estimate of drug-likeness (QED) is 0.578. The number of aryl methyl sites for hydroxylation is 1. The van der Waals surface area contributed by atoms with Crippen molar-refractivity contribution in [2.75, 3.05) is 32.7 Å². The average molecular weight is 505 g/mol. The maximum atomic E-state index is 12.8. The Bertz CT molecular complexity index is 1170. The van der Waals surface area contributed by atoms with Gasteiger partial charge in [0.2, 0.25) is 15.9 Å². The normalized spacial score (nSPS) is 19.4. The second-order valence-corrected chi connectivity index (χ2v) is 10.6. The molecule has 0 unspecified atom stereocenters. The Kier molecular flexibility index (Phi) is 7.20. The summed E-state index contributed by atoms with van der Waals surface area (Å²) >= 11 is 5.84. The molecule has 2 aliphatic rings. The molecule has 0 radical (unpaired) electrons. The molecule has 2 aliphatic heterocycles. The van der Waals surface area contributed by atoms with Crippen LogP contribution in [0, 0.1) is 0 Å². The first-order chi connectivity index (χ1) is 16.3. The van der Waals surface area contributed by atoms with E-state index in [-0.39, 0.29) is 37.6 Å². The van der Waals surface area contributed by atoms with Crippen molar-refractivity contribution in [3.63, 3.8) is 0 Å². The molecule has 4 amide bonds. The lowest BCUT2D eigenvalue weighted by Gasteiger charge is -2.34.